The third-order valence-corrected chi connectivity index (χ3v) is 6.98. The second-order valence-electron chi connectivity index (χ2n) is 9.20. The van der Waals surface area contributed by atoms with E-state index in [0.29, 0.717) is 28.9 Å². The quantitative estimate of drug-likeness (QED) is 0.533. The molecule has 3 aromatic rings. The molecule has 10 heteroatoms. The van der Waals surface area contributed by atoms with Gasteiger partial charge in [-0.2, -0.15) is 23.5 Å². The predicted molar refractivity (Wildman–Crippen MR) is 115 cm³/mol. The van der Waals surface area contributed by atoms with Crippen LogP contribution < -0.4 is 10.9 Å². The molecule has 2 aromatic heterocycles. The largest absolute Gasteiger partial charge is 0.421 e. The number of aliphatic hydroxyl groups is 1. The van der Waals surface area contributed by atoms with Gasteiger partial charge in [0.25, 0.3) is 5.56 Å². The van der Waals surface area contributed by atoms with Crippen LogP contribution in [0.25, 0.3) is 10.9 Å². The zero-order chi connectivity index (χ0) is 23.8. The Morgan fingerprint density at radius 3 is 2.64 bits per heavy atom. The number of alkyl halides is 3. The average Bonchev–Trinajstić information content (AvgIpc) is 3.64. The molecule has 0 bridgehead atoms. The van der Waals surface area contributed by atoms with Crippen LogP contribution >= 0.6 is 0 Å². The van der Waals surface area contributed by atoms with Crippen molar-refractivity contribution in [1.29, 1.82) is 5.26 Å². The van der Waals surface area contributed by atoms with Crippen LogP contribution in [0.5, 0.6) is 0 Å². The normalized spacial score (nSPS) is 24.3. The highest BCUT2D eigenvalue weighted by molar-refractivity contribution is 5.91. The Hall–Kier alpha value is -3.32. The molecule has 3 atom stereocenters. The number of nitrogens with zero attached hydrogens (tertiary/aromatic N) is 3. The maximum absolute atomic E-state index is 13.3. The fourth-order valence-electron chi connectivity index (χ4n) is 4.93. The standard InChI is InChI=1S/C23H22F3N5O2/c1-12-9-15(5-6-16(12)21(2,33)23(24,25)26)29-19-18-17(7-8-28-20(18)32)31(30-19)22(13-3-4-13)10-14(22)11-27/h5-9,13-14,33H,3-4,10H2,1-2H3,(H,28,32)(H,29,30). The number of aryl methyl sites for hydroxylation is 1. The van der Waals surface area contributed by atoms with Crippen LogP contribution in [0.4, 0.5) is 24.7 Å². The van der Waals surface area contributed by atoms with Crippen molar-refractivity contribution in [3.63, 3.8) is 0 Å². The number of hydrogen-bond donors (Lipinski definition) is 3. The van der Waals surface area contributed by atoms with Gasteiger partial charge in [0.05, 0.1) is 23.0 Å². The van der Waals surface area contributed by atoms with Gasteiger partial charge in [0.15, 0.2) is 11.4 Å². The van der Waals surface area contributed by atoms with Crippen molar-refractivity contribution in [3.05, 3.63) is 51.9 Å². The monoisotopic (exact) mass is 457 g/mol. The van der Waals surface area contributed by atoms with E-state index in [-0.39, 0.29) is 28.4 Å². The number of fused-ring (bicyclic) bond motifs is 1. The number of nitrogens with one attached hydrogen (secondary N) is 2. The second-order valence-corrected chi connectivity index (χ2v) is 9.20. The molecule has 0 spiro atoms. The van der Waals surface area contributed by atoms with E-state index in [0.717, 1.165) is 19.8 Å². The first-order valence-corrected chi connectivity index (χ1v) is 10.7. The molecule has 2 aliphatic carbocycles. The number of hydrogen-bond acceptors (Lipinski definition) is 5. The molecule has 0 radical (unpaired) electrons. The van der Waals surface area contributed by atoms with Gasteiger partial charge in [-0.25, -0.2) is 0 Å². The molecule has 3 unspecified atom stereocenters. The lowest BCUT2D eigenvalue weighted by molar-refractivity contribution is -0.259. The molecule has 0 aliphatic heterocycles. The van der Waals surface area contributed by atoms with Crippen molar-refractivity contribution in [2.24, 2.45) is 11.8 Å². The number of pyridine rings is 1. The highest BCUT2D eigenvalue weighted by Gasteiger charge is 2.65. The maximum atomic E-state index is 13.3. The van der Waals surface area contributed by atoms with E-state index >= 15 is 0 Å². The topological polar surface area (TPSA) is 107 Å². The first kappa shape index (κ1) is 21.5. The lowest BCUT2D eigenvalue weighted by Gasteiger charge is -2.28. The van der Waals surface area contributed by atoms with Crippen molar-refractivity contribution in [3.8, 4) is 6.07 Å². The van der Waals surface area contributed by atoms with Gasteiger partial charge in [-0.3, -0.25) is 9.48 Å². The molecule has 3 N–H and O–H groups in total. The van der Waals surface area contributed by atoms with Crippen LogP contribution in [-0.2, 0) is 11.1 Å². The van der Waals surface area contributed by atoms with Gasteiger partial charge in [0.2, 0.25) is 0 Å². The summed E-state index contributed by atoms with van der Waals surface area (Å²) in [7, 11) is 0. The van der Waals surface area contributed by atoms with Gasteiger partial charge in [0.1, 0.15) is 5.39 Å². The zero-order valence-electron chi connectivity index (χ0n) is 18.0. The zero-order valence-corrected chi connectivity index (χ0v) is 18.0. The number of halogens is 3. The highest BCUT2D eigenvalue weighted by Crippen LogP contribution is 2.63. The van der Waals surface area contributed by atoms with Gasteiger partial charge in [-0.15, -0.1) is 0 Å². The molecule has 0 amide bonds. The number of rotatable bonds is 5. The van der Waals surface area contributed by atoms with Crippen molar-refractivity contribution in [2.75, 3.05) is 5.32 Å². The highest BCUT2D eigenvalue weighted by atomic mass is 19.4. The molecule has 2 heterocycles. The van der Waals surface area contributed by atoms with E-state index in [9.17, 15) is 28.3 Å². The van der Waals surface area contributed by atoms with E-state index in [4.69, 9.17) is 0 Å². The summed E-state index contributed by atoms with van der Waals surface area (Å²) in [6.45, 7) is 2.20. The fourth-order valence-corrected chi connectivity index (χ4v) is 4.93. The molecule has 7 nitrogen and oxygen atoms in total. The predicted octanol–water partition coefficient (Wildman–Crippen LogP) is 4.20. The molecule has 2 fully saturated rings. The Bertz CT molecular complexity index is 1360. The summed E-state index contributed by atoms with van der Waals surface area (Å²) in [5.74, 6) is 0.431. The lowest BCUT2D eigenvalue weighted by Crippen LogP contribution is -2.39. The van der Waals surface area contributed by atoms with Gasteiger partial charge in [0, 0.05) is 11.9 Å². The first-order chi connectivity index (χ1) is 15.5. The number of H-pyrrole nitrogens is 1. The molecule has 1 aromatic carbocycles. The summed E-state index contributed by atoms with van der Waals surface area (Å²) in [6.07, 6.45) is -0.600. The van der Waals surface area contributed by atoms with Gasteiger partial charge in [-0.05, 0) is 68.4 Å². The third kappa shape index (κ3) is 3.14. The minimum atomic E-state index is -4.83. The molecule has 5 rings (SSSR count). The first-order valence-electron chi connectivity index (χ1n) is 10.7. The summed E-state index contributed by atoms with van der Waals surface area (Å²) >= 11 is 0. The smallest absolute Gasteiger partial charge is 0.376 e. The molecule has 172 valence electrons. The average molecular weight is 457 g/mol. The number of aromatic nitrogens is 3. The third-order valence-electron chi connectivity index (χ3n) is 6.98. The van der Waals surface area contributed by atoms with E-state index in [1.165, 1.54) is 31.3 Å². The van der Waals surface area contributed by atoms with E-state index < -0.39 is 17.3 Å². The van der Waals surface area contributed by atoms with Gasteiger partial charge >= 0.3 is 6.18 Å². The molecule has 2 saturated carbocycles. The Morgan fingerprint density at radius 1 is 1.33 bits per heavy atom. The van der Waals surface area contributed by atoms with Crippen LogP contribution in [0.3, 0.4) is 0 Å². The summed E-state index contributed by atoms with van der Waals surface area (Å²) in [5.41, 5.74) is -2.74. The summed E-state index contributed by atoms with van der Waals surface area (Å²) in [4.78, 5) is 15.3. The van der Waals surface area contributed by atoms with Crippen molar-refractivity contribution >= 4 is 22.4 Å². The summed E-state index contributed by atoms with van der Waals surface area (Å²) in [5, 5.41) is 27.7. The van der Waals surface area contributed by atoms with Crippen molar-refractivity contribution in [2.45, 2.75) is 50.4 Å². The molecule has 33 heavy (non-hydrogen) atoms. The Kier molecular flexibility index (Phi) is 4.46. The fraction of sp³-hybridized carbons (Fsp3) is 0.435. The van der Waals surface area contributed by atoms with Crippen LogP contribution in [0, 0.1) is 30.1 Å². The van der Waals surface area contributed by atoms with E-state index in [2.05, 4.69) is 21.5 Å². The van der Waals surface area contributed by atoms with Gasteiger partial charge < -0.3 is 15.4 Å². The Labute approximate surface area is 186 Å². The minimum absolute atomic E-state index is 0.175. The number of aromatic amines is 1. The van der Waals surface area contributed by atoms with Crippen molar-refractivity contribution in [1.82, 2.24) is 14.8 Å². The maximum Gasteiger partial charge on any atom is 0.421 e. The van der Waals surface area contributed by atoms with Gasteiger partial charge in [-0.1, -0.05) is 6.07 Å². The van der Waals surface area contributed by atoms with Crippen LogP contribution in [0.15, 0.2) is 35.3 Å². The summed E-state index contributed by atoms with van der Waals surface area (Å²) < 4.78 is 41.6. The van der Waals surface area contributed by atoms with Crippen molar-refractivity contribution < 1.29 is 18.3 Å². The lowest BCUT2D eigenvalue weighted by atomic mass is 9.91. The second kappa shape index (κ2) is 6.84. The SMILES string of the molecule is Cc1cc(Nc2nn(C3(C4CC4)CC3C#N)c3cc[nH]c(=O)c23)ccc1C(C)(O)C(F)(F)F. The van der Waals surface area contributed by atoms with Crippen LogP contribution in [-0.4, -0.2) is 26.0 Å². The summed E-state index contributed by atoms with van der Waals surface area (Å²) in [6, 6.07) is 8.20. The molecule has 0 saturated heterocycles. The molecular weight excluding hydrogens is 435 g/mol. The van der Waals surface area contributed by atoms with E-state index in [1.807, 2.05) is 0 Å². The number of nitriles is 1. The Balaban J connectivity index is 1.57. The number of anilines is 2. The van der Waals surface area contributed by atoms with Crippen LogP contribution in [0.1, 0.15) is 37.3 Å². The molecule has 2 aliphatic rings. The number of benzene rings is 1. The minimum Gasteiger partial charge on any atom is -0.376 e. The van der Waals surface area contributed by atoms with E-state index in [1.54, 1.807) is 10.7 Å². The van der Waals surface area contributed by atoms with Crippen LogP contribution in [0.2, 0.25) is 0 Å². The molecular formula is C23H22F3N5O2. The Morgan fingerprint density at radius 2 is 2.06 bits per heavy atom.